The molecule has 0 aliphatic carbocycles. The van der Waals surface area contributed by atoms with Crippen LogP contribution in [-0.2, 0) is 6.42 Å². The zero-order chi connectivity index (χ0) is 10.5. The summed E-state index contributed by atoms with van der Waals surface area (Å²) in [4.78, 5) is 4.13. The van der Waals surface area contributed by atoms with E-state index in [0.29, 0.717) is 6.61 Å². The van der Waals surface area contributed by atoms with Crippen LogP contribution in [-0.4, -0.2) is 21.1 Å². The number of imidazole rings is 1. The van der Waals surface area contributed by atoms with E-state index in [0.717, 1.165) is 31.2 Å². The quantitative estimate of drug-likeness (QED) is 0.757. The van der Waals surface area contributed by atoms with Gasteiger partial charge in [-0.1, -0.05) is 12.5 Å². The van der Waals surface area contributed by atoms with Crippen LogP contribution in [0.1, 0.15) is 25.0 Å². The van der Waals surface area contributed by atoms with E-state index in [1.165, 1.54) is 5.69 Å². The Labute approximate surface area is 89.4 Å². The molecule has 2 aromatic heterocycles. The summed E-state index contributed by atoms with van der Waals surface area (Å²) in [5, 5.41) is 8.69. The van der Waals surface area contributed by atoms with Gasteiger partial charge in [-0.25, -0.2) is 4.98 Å². The molecule has 0 aliphatic rings. The first kappa shape index (κ1) is 10.2. The molecule has 0 unspecified atom stereocenters. The number of fused-ring (bicyclic) bond motifs is 1. The van der Waals surface area contributed by atoms with E-state index in [9.17, 15) is 0 Å². The molecule has 0 saturated carbocycles. The average Bonchev–Trinajstić information content (AvgIpc) is 2.73. The maximum Gasteiger partial charge on any atom is 0.0994 e. The number of aryl methyl sites for hydroxylation is 1. The number of aliphatic hydroxyl groups is 1. The minimum atomic E-state index is 0.301. The van der Waals surface area contributed by atoms with Crippen LogP contribution in [0, 0.1) is 0 Å². The Hall–Kier alpha value is -1.35. The summed E-state index contributed by atoms with van der Waals surface area (Å²) >= 11 is 0. The van der Waals surface area contributed by atoms with Gasteiger partial charge >= 0.3 is 0 Å². The van der Waals surface area contributed by atoms with Gasteiger partial charge in [-0.15, -0.1) is 0 Å². The van der Waals surface area contributed by atoms with Crippen LogP contribution in [0.15, 0.2) is 30.7 Å². The van der Waals surface area contributed by atoms with E-state index in [-0.39, 0.29) is 0 Å². The number of aromatic nitrogens is 2. The lowest BCUT2D eigenvalue weighted by atomic mass is 10.1. The predicted octanol–water partition coefficient (Wildman–Crippen LogP) is 2.04. The van der Waals surface area contributed by atoms with Gasteiger partial charge in [0.25, 0.3) is 0 Å². The first-order valence-corrected chi connectivity index (χ1v) is 5.42. The van der Waals surface area contributed by atoms with E-state index in [1.54, 1.807) is 0 Å². The normalized spacial score (nSPS) is 11.0. The molecule has 3 heteroatoms. The van der Waals surface area contributed by atoms with Gasteiger partial charge in [0, 0.05) is 12.3 Å². The average molecular weight is 204 g/mol. The molecule has 0 amide bonds. The SMILES string of the molecule is OCCCCCc1cccc2cncn12. The van der Waals surface area contributed by atoms with Gasteiger partial charge in [-0.3, -0.25) is 0 Å². The molecule has 0 bridgehead atoms. The molecule has 0 saturated heterocycles. The van der Waals surface area contributed by atoms with Crippen LogP contribution in [0.4, 0.5) is 0 Å². The summed E-state index contributed by atoms with van der Waals surface area (Å²) in [5.74, 6) is 0. The molecule has 0 atom stereocenters. The first-order chi connectivity index (χ1) is 7.42. The van der Waals surface area contributed by atoms with Crippen LogP contribution in [0.3, 0.4) is 0 Å². The van der Waals surface area contributed by atoms with Crippen molar-refractivity contribution in [3.05, 3.63) is 36.4 Å². The Bertz CT molecular complexity index is 422. The fourth-order valence-electron chi connectivity index (χ4n) is 1.81. The molecule has 2 rings (SSSR count). The van der Waals surface area contributed by atoms with Crippen LogP contribution < -0.4 is 0 Å². The van der Waals surface area contributed by atoms with Crippen molar-refractivity contribution in [3.8, 4) is 0 Å². The molecule has 0 fully saturated rings. The van der Waals surface area contributed by atoms with Crippen molar-refractivity contribution in [1.82, 2.24) is 9.38 Å². The van der Waals surface area contributed by atoms with E-state index < -0.39 is 0 Å². The fourth-order valence-corrected chi connectivity index (χ4v) is 1.81. The minimum absolute atomic E-state index is 0.301. The minimum Gasteiger partial charge on any atom is -0.396 e. The van der Waals surface area contributed by atoms with Crippen molar-refractivity contribution >= 4 is 5.52 Å². The van der Waals surface area contributed by atoms with Gasteiger partial charge in [-0.2, -0.15) is 0 Å². The Kier molecular flexibility index (Phi) is 3.35. The van der Waals surface area contributed by atoms with Crippen molar-refractivity contribution in [1.29, 1.82) is 0 Å². The van der Waals surface area contributed by atoms with Crippen molar-refractivity contribution < 1.29 is 5.11 Å². The molecule has 2 heterocycles. The highest BCUT2D eigenvalue weighted by atomic mass is 16.2. The second kappa shape index (κ2) is 4.94. The topological polar surface area (TPSA) is 37.5 Å². The number of unbranched alkanes of at least 4 members (excludes halogenated alkanes) is 2. The van der Waals surface area contributed by atoms with Gasteiger partial charge in [0.15, 0.2) is 0 Å². The van der Waals surface area contributed by atoms with Crippen LogP contribution in [0.25, 0.3) is 5.52 Å². The zero-order valence-corrected chi connectivity index (χ0v) is 8.76. The highest BCUT2D eigenvalue weighted by molar-refractivity contribution is 5.45. The molecule has 80 valence electrons. The molecule has 2 aromatic rings. The molecule has 15 heavy (non-hydrogen) atoms. The third-order valence-corrected chi connectivity index (χ3v) is 2.62. The summed E-state index contributed by atoms with van der Waals surface area (Å²) in [6.07, 6.45) is 7.89. The fraction of sp³-hybridized carbons (Fsp3) is 0.417. The number of nitrogens with zero attached hydrogens (tertiary/aromatic N) is 2. The van der Waals surface area contributed by atoms with Crippen LogP contribution >= 0.6 is 0 Å². The highest BCUT2D eigenvalue weighted by Gasteiger charge is 1.99. The molecule has 0 radical (unpaired) electrons. The predicted molar refractivity (Wildman–Crippen MR) is 59.8 cm³/mol. The molecule has 3 nitrogen and oxygen atoms in total. The van der Waals surface area contributed by atoms with Crippen LogP contribution in [0.5, 0.6) is 0 Å². The summed E-state index contributed by atoms with van der Waals surface area (Å²) < 4.78 is 2.12. The first-order valence-electron chi connectivity index (χ1n) is 5.42. The Morgan fingerprint density at radius 2 is 2.13 bits per heavy atom. The van der Waals surface area contributed by atoms with Gasteiger partial charge in [0.1, 0.15) is 0 Å². The van der Waals surface area contributed by atoms with Crippen LogP contribution in [0.2, 0.25) is 0 Å². The standard InChI is InChI=1S/C12H16N2O/c15-8-3-1-2-5-11-6-4-7-12-9-13-10-14(11)12/h4,6-7,9-10,15H,1-3,5,8H2. The lowest BCUT2D eigenvalue weighted by Crippen LogP contribution is -1.95. The second-order valence-electron chi connectivity index (χ2n) is 3.74. The van der Waals surface area contributed by atoms with Gasteiger partial charge < -0.3 is 9.51 Å². The van der Waals surface area contributed by atoms with Crippen molar-refractivity contribution in [3.63, 3.8) is 0 Å². The van der Waals surface area contributed by atoms with Gasteiger partial charge in [0.2, 0.25) is 0 Å². The maximum atomic E-state index is 8.69. The summed E-state index contributed by atoms with van der Waals surface area (Å²) in [5.41, 5.74) is 2.44. The molecule has 0 aliphatic heterocycles. The number of aliphatic hydroxyl groups excluding tert-OH is 1. The number of hydrogen-bond donors (Lipinski definition) is 1. The maximum absolute atomic E-state index is 8.69. The van der Waals surface area contributed by atoms with Gasteiger partial charge in [-0.05, 0) is 31.4 Å². The molecular weight excluding hydrogens is 188 g/mol. The lowest BCUT2D eigenvalue weighted by Gasteiger charge is -2.04. The Morgan fingerprint density at radius 3 is 3.00 bits per heavy atom. The third-order valence-electron chi connectivity index (χ3n) is 2.62. The summed E-state index contributed by atoms with van der Waals surface area (Å²) in [6, 6.07) is 6.26. The summed E-state index contributed by atoms with van der Waals surface area (Å²) in [7, 11) is 0. The third kappa shape index (κ3) is 2.36. The van der Waals surface area contributed by atoms with E-state index in [4.69, 9.17) is 5.11 Å². The van der Waals surface area contributed by atoms with Crippen molar-refractivity contribution in [2.24, 2.45) is 0 Å². The largest absolute Gasteiger partial charge is 0.396 e. The Balaban J connectivity index is 2.04. The van der Waals surface area contributed by atoms with E-state index in [1.807, 2.05) is 12.5 Å². The van der Waals surface area contributed by atoms with E-state index >= 15 is 0 Å². The molecule has 1 N–H and O–H groups in total. The number of hydrogen-bond acceptors (Lipinski definition) is 2. The van der Waals surface area contributed by atoms with Crippen molar-refractivity contribution in [2.75, 3.05) is 6.61 Å². The second-order valence-corrected chi connectivity index (χ2v) is 3.74. The summed E-state index contributed by atoms with van der Waals surface area (Å²) in [6.45, 7) is 0.301. The molecular formula is C12H16N2O. The lowest BCUT2D eigenvalue weighted by molar-refractivity contribution is 0.283. The smallest absolute Gasteiger partial charge is 0.0994 e. The number of pyridine rings is 1. The number of rotatable bonds is 5. The monoisotopic (exact) mass is 204 g/mol. The molecule has 0 spiro atoms. The van der Waals surface area contributed by atoms with Gasteiger partial charge in [0.05, 0.1) is 18.0 Å². The highest BCUT2D eigenvalue weighted by Crippen LogP contribution is 2.10. The van der Waals surface area contributed by atoms with E-state index in [2.05, 4.69) is 27.6 Å². The Morgan fingerprint density at radius 1 is 1.20 bits per heavy atom. The molecule has 0 aromatic carbocycles. The zero-order valence-electron chi connectivity index (χ0n) is 8.76. The van der Waals surface area contributed by atoms with Crippen molar-refractivity contribution in [2.45, 2.75) is 25.7 Å².